The number of hydrogen-bond acceptors (Lipinski definition) is 4. The minimum Gasteiger partial charge on any atom is -0.336 e. The summed E-state index contributed by atoms with van der Waals surface area (Å²) in [5.74, 6) is -0.189. The van der Waals surface area contributed by atoms with Gasteiger partial charge in [-0.1, -0.05) is 23.9 Å². The van der Waals surface area contributed by atoms with Crippen LogP contribution in [0.15, 0.2) is 35.7 Å². The SMILES string of the molecule is Cc1cccc(-n2ccnc2SC(C)C(=O)N2CCNC2=O)c1C. The molecule has 1 aromatic carbocycles. The van der Waals surface area contributed by atoms with Crippen LogP contribution >= 0.6 is 11.8 Å². The van der Waals surface area contributed by atoms with Gasteiger partial charge in [0.2, 0.25) is 5.91 Å². The van der Waals surface area contributed by atoms with Gasteiger partial charge in [-0.2, -0.15) is 0 Å². The van der Waals surface area contributed by atoms with Crippen LogP contribution in [0.5, 0.6) is 0 Å². The number of imide groups is 1. The Balaban J connectivity index is 1.82. The van der Waals surface area contributed by atoms with Crippen molar-refractivity contribution in [1.29, 1.82) is 0 Å². The van der Waals surface area contributed by atoms with Gasteiger partial charge in [-0.25, -0.2) is 9.78 Å². The molecule has 0 aliphatic carbocycles. The number of imidazole rings is 1. The van der Waals surface area contributed by atoms with Crippen LogP contribution < -0.4 is 5.32 Å². The van der Waals surface area contributed by atoms with E-state index in [0.717, 1.165) is 10.8 Å². The number of aromatic nitrogens is 2. The number of carbonyl (C=O) groups is 2. The van der Waals surface area contributed by atoms with Gasteiger partial charge in [-0.3, -0.25) is 14.3 Å². The van der Waals surface area contributed by atoms with Crippen molar-refractivity contribution in [3.05, 3.63) is 41.7 Å². The minimum atomic E-state index is -0.389. The summed E-state index contributed by atoms with van der Waals surface area (Å²) in [4.78, 5) is 29.8. The van der Waals surface area contributed by atoms with Crippen LogP contribution in [0.25, 0.3) is 5.69 Å². The molecular formula is C17H20N4O2S. The molecule has 1 unspecified atom stereocenters. The summed E-state index contributed by atoms with van der Waals surface area (Å²) in [6.07, 6.45) is 3.62. The molecule has 7 heteroatoms. The predicted molar refractivity (Wildman–Crippen MR) is 93.5 cm³/mol. The number of nitrogens with zero attached hydrogens (tertiary/aromatic N) is 3. The fraction of sp³-hybridized carbons (Fsp3) is 0.353. The molecular weight excluding hydrogens is 324 g/mol. The van der Waals surface area contributed by atoms with Crippen molar-refractivity contribution in [3.63, 3.8) is 0 Å². The molecule has 1 N–H and O–H groups in total. The first kappa shape index (κ1) is 16.6. The molecule has 1 saturated heterocycles. The quantitative estimate of drug-likeness (QED) is 0.866. The van der Waals surface area contributed by atoms with Crippen molar-refractivity contribution in [1.82, 2.24) is 19.8 Å². The Labute approximate surface area is 145 Å². The van der Waals surface area contributed by atoms with E-state index in [0.29, 0.717) is 13.1 Å². The predicted octanol–water partition coefficient (Wildman–Crippen LogP) is 2.52. The van der Waals surface area contributed by atoms with E-state index < -0.39 is 0 Å². The zero-order valence-corrected chi connectivity index (χ0v) is 14.8. The van der Waals surface area contributed by atoms with E-state index in [4.69, 9.17) is 0 Å². The fourth-order valence-electron chi connectivity index (χ4n) is 2.67. The number of rotatable bonds is 4. The van der Waals surface area contributed by atoms with Gasteiger partial charge >= 0.3 is 6.03 Å². The molecule has 0 saturated carbocycles. The Morgan fingerprint density at radius 3 is 2.88 bits per heavy atom. The summed E-state index contributed by atoms with van der Waals surface area (Å²) in [7, 11) is 0. The topological polar surface area (TPSA) is 67.2 Å². The Kier molecular flexibility index (Phi) is 4.62. The summed E-state index contributed by atoms with van der Waals surface area (Å²) in [5.41, 5.74) is 3.43. The Bertz CT molecular complexity index is 787. The number of benzene rings is 1. The standard InChI is InChI=1S/C17H20N4O2S/c1-11-5-4-6-14(12(11)2)20-9-8-19-17(20)24-13(3)15(22)21-10-7-18-16(21)23/h4-6,8-9,13H,7,10H2,1-3H3,(H,18,23). The second-order valence-electron chi connectivity index (χ2n) is 5.78. The van der Waals surface area contributed by atoms with Crippen molar-refractivity contribution < 1.29 is 9.59 Å². The molecule has 1 atom stereocenters. The second-order valence-corrected chi connectivity index (χ2v) is 7.09. The van der Waals surface area contributed by atoms with Crippen LogP contribution in [-0.4, -0.2) is 44.7 Å². The van der Waals surface area contributed by atoms with E-state index >= 15 is 0 Å². The van der Waals surface area contributed by atoms with Gasteiger partial charge < -0.3 is 5.32 Å². The highest BCUT2D eigenvalue weighted by atomic mass is 32.2. The largest absolute Gasteiger partial charge is 0.336 e. The van der Waals surface area contributed by atoms with Gasteiger partial charge in [0.25, 0.3) is 0 Å². The van der Waals surface area contributed by atoms with E-state index in [-0.39, 0.29) is 17.2 Å². The Morgan fingerprint density at radius 1 is 1.38 bits per heavy atom. The van der Waals surface area contributed by atoms with E-state index in [1.807, 2.05) is 22.9 Å². The molecule has 24 heavy (non-hydrogen) atoms. The lowest BCUT2D eigenvalue weighted by Crippen LogP contribution is -2.39. The summed E-state index contributed by atoms with van der Waals surface area (Å²) in [6.45, 7) is 6.89. The summed E-state index contributed by atoms with van der Waals surface area (Å²) >= 11 is 1.36. The lowest BCUT2D eigenvalue weighted by atomic mass is 10.1. The van der Waals surface area contributed by atoms with Crippen LogP contribution in [0.4, 0.5) is 4.79 Å². The number of nitrogens with one attached hydrogen (secondary N) is 1. The van der Waals surface area contributed by atoms with Gasteiger partial charge in [0, 0.05) is 25.5 Å². The molecule has 2 heterocycles. The second kappa shape index (κ2) is 6.68. The van der Waals surface area contributed by atoms with Gasteiger partial charge in [0.15, 0.2) is 5.16 Å². The smallest absolute Gasteiger partial charge is 0.324 e. The molecule has 2 aromatic rings. The molecule has 1 fully saturated rings. The molecule has 0 spiro atoms. The Hall–Kier alpha value is -2.28. The molecule has 1 aliphatic rings. The monoisotopic (exact) mass is 344 g/mol. The van der Waals surface area contributed by atoms with Gasteiger partial charge in [-0.05, 0) is 38.0 Å². The zero-order chi connectivity index (χ0) is 17.3. The Morgan fingerprint density at radius 2 is 2.17 bits per heavy atom. The molecule has 1 aliphatic heterocycles. The van der Waals surface area contributed by atoms with E-state index in [1.54, 1.807) is 13.1 Å². The molecule has 6 nitrogen and oxygen atoms in total. The molecule has 0 bridgehead atoms. The average Bonchev–Trinajstić information content (AvgIpc) is 3.18. The third kappa shape index (κ3) is 3.03. The van der Waals surface area contributed by atoms with Gasteiger partial charge in [0.05, 0.1) is 10.9 Å². The minimum absolute atomic E-state index is 0.189. The first-order valence-corrected chi connectivity index (χ1v) is 8.73. The average molecular weight is 344 g/mol. The van der Waals surface area contributed by atoms with Crippen LogP contribution in [0.3, 0.4) is 0 Å². The fourth-order valence-corrected chi connectivity index (χ4v) is 3.61. The molecule has 1 aromatic heterocycles. The van der Waals surface area contributed by atoms with Crippen molar-refractivity contribution in [2.75, 3.05) is 13.1 Å². The summed E-state index contributed by atoms with van der Waals surface area (Å²) in [5, 5.41) is 3.00. The van der Waals surface area contributed by atoms with Crippen molar-refractivity contribution in [2.45, 2.75) is 31.2 Å². The maximum absolute atomic E-state index is 12.5. The lowest BCUT2D eigenvalue weighted by molar-refractivity contribution is -0.126. The van der Waals surface area contributed by atoms with E-state index in [9.17, 15) is 9.59 Å². The zero-order valence-electron chi connectivity index (χ0n) is 13.9. The highest BCUT2D eigenvalue weighted by Crippen LogP contribution is 2.28. The highest BCUT2D eigenvalue weighted by molar-refractivity contribution is 8.00. The third-order valence-electron chi connectivity index (χ3n) is 4.20. The highest BCUT2D eigenvalue weighted by Gasteiger charge is 2.30. The number of amides is 3. The van der Waals surface area contributed by atoms with Crippen molar-refractivity contribution in [2.24, 2.45) is 0 Å². The van der Waals surface area contributed by atoms with Crippen LogP contribution in [0, 0.1) is 13.8 Å². The van der Waals surface area contributed by atoms with Crippen LogP contribution in [-0.2, 0) is 4.79 Å². The number of carbonyl (C=O) groups excluding carboxylic acids is 2. The lowest BCUT2D eigenvalue weighted by Gasteiger charge is -2.18. The number of hydrogen-bond donors (Lipinski definition) is 1. The number of urea groups is 1. The summed E-state index contributed by atoms with van der Waals surface area (Å²) < 4.78 is 1.99. The van der Waals surface area contributed by atoms with Gasteiger partial charge in [0.1, 0.15) is 0 Å². The van der Waals surface area contributed by atoms with Crippen molar-refractivity contribution in [3.8, 4) is 5.69 Å². The van der Waals surface area contributed by atoms with Crippen LogP contribution in [0.1, 0.15) is 18.1 Å². The summed E-state index contributed by atoms with van der Waals surface area (Å²) in [6, 6.07) is 5.80. The molecule has 0 radical (unpaired) electrons. The number of aryl methyl sites for hydroxylation is 1. The maximum atomic E-state index is 12.5. The van der Waals surface area contributed by atoms with Crippen LogP contribution in [0.2, 0.25) is 0 Å². The molecule has 3 rings (SSSR count). The van der Waals surface area contributed by atoms with E-state index in [2.05, 4.69) is 30.2 Å². The molecule has 126 valence electrons. The van der Waals surface area contributed by atoms with Crippen molar-refractivity contribution >= 4 is 23.7 Å². The number of thioether (sulfide) groups is 1. The maximum Gasteiger partial charge on any atom is 0.324 e. The normalized spacial score (nSPS) is 15.5. The van der Waals surface area contributed by atoms with E-state index in [1.165, 1.54) is 27.8 Å². The van der Waals surface area contributed by atoms with Gasteiger partial charge in [-0.15, -0.1) is 0 Å². The molecule has 3 amide bonds. The first-order valence-electron chi connectivity index (χ1n) is 7.85. The third-order valence-corrected chi connectivity index (χ3v) is 5.26. The first-order chi connectivity index (χ1) is 11.5.